The summed E-state index contributed by atoms with van der Waals surface area (Å²) in [6, 6.07) is 21.4. The number of hydrogen-bond donors (Lipinski definition) is 1. The predicted octanol–water partition coefficient (Wildman–Crippen LogP) is 4.32. The summed E-state index contributed by atoms with van der Waals surface area (Å²) in [5.74, 6) is 2.24. The third-order valence-electron chi connectivity index (χ3n) is 6.30. The maximum absolute atomic E-state index is 13.1. The number of fused-ring (bicyclic) bond motifs is 1. The Morgan fingerprint density at radius 3 is 2.69 bits per heavy atom. The summed E-state index contributed by atoms with van der Waals surface area (Å²) in [6.45, 7) is 3.58. The lowest BCUT2D eigenvalue weighted by Crippen LogP contribution is -2.32. The van der Waals surface area contributed by atoms with Crippen LogP contribution in [0, 0.1) is 0 Å². The molecule has 3 aromatic heterocycles. The Labute approximate surface area is 208 Å². The number of rotatable bonds is 10. The molecular weight excluding hydrogens is 456 g/mol. The summed E-state index contributed by atoms with van der Waals surface area (Å²) in [5.41, 5.74) is 2.46. The van der Waals surface area contributed by atoms with Crippen LogP contribution in [0.15, 0.2) is 82.2 Å². The zero-order valence-electron chi connectivity index (χ0n) is 20.3. The molecule has 1 atom stereocenters. The average Bonchev–Trinajstić information content (AvgIpc) is 3.58. The summed E-state index contributed by atoms with van der Waals surface area (Å²) in [5, 5.41) is 13.5. The van der Waals surface area contributed by atoms with Gasteiger partial charge < -0.3 is 14.1 Å². The second kappa shape index (κ2) is 10.6. The van der Waals surface area contributed by atoms with Crippen LogP contribution in [0.1, 0.15) is 42.1 Å². The minimum atomic E-state index is -0.129. The van der Waals surface area contributed by atoms with Crippen molar-refractivity contribution in [3.8, 4) is 5.75 Å². The minimum absolute atomic E-state index is 0.115. The van der Waals surface area contributed by atoms with Gasteiger partial charge in [0.1, 0.15) is 18.1 Å². The first-order chi connectivity index (χ1) is 17.6. The highest BCUT2D eigenvalue weighted by Crippen LogP contribution is 2.27. The van der Waals surface area contributed by atoms with Crippen LogP contribution in [0.25, 0.3) is 10.9 Å². The molecule has 0 fully saturated rings. The fraction of sp³-hybridized carbons (Fsp3) is 0.259. The molecule has 1 N–H and O–H groups in total. The number of hydrogen-bond acceptors (Lipinski definition) is 7. The maximum Gasteiger partial charge on any atom is 0.252 e. The number of benzene rings is 2. The number of tetrazole rings is 1. The van der Waals surface area contributed by atoms with E-state index in [1.807, 2.05) is 54.6 Å². The molecule has 36 heavy (non-hydrogen) atoms. The number of H-pyrrole nitrogens is 1. The standard InChI is InChI=1S/C27H28N6O3/c1-3-25(26-29-30-31-33(26)18-23-10-7-13-36-23)32(16-19-8-5-4-6-9-19)17-21-14-20-15-22(35-2)11-12-24(20)28-27(21)34/h4-15,25H,3,16-18H2,1-2H3,(H,28,34). The number of ether oxygens (including phenoxy) is 1. The van der Waals surface area contributed by atoms with Crippen molar-refractivity contribution in [2.45, 2.75) is 39.0 Å². The van der Waals surface area contributed by atoms with Gasteiger partial charge in [-0.2, -0.15) is 0 Å². The monoisotopic (exact) mass is 484 g/mol. The second-order valence-corrected chi connectivity index (χ2v) is 8.67. The number of pyridine rings is 1. The fourth-order valence-electron chi connectivity index (χ4n) is 4.50. The zero-order valence-corrected chi connectivity index (χ0v) is 20.3. The van der Waals surface area contributed by atoms with Gasteiger partial charge >= 0.3 is 0 Å². The molecule has 1 unspecified atom stereocenters. The Balaban J connectivity index is 1.52. The van der Waals surface area contributed by atoms with E-state index in [1.165, 1.54) is 0 Å². The topological polar surface area (TPSA) is 102 Å². The quantitative estimate of drug-likeness (QED) is 0.315. The average molecular weight is 485 g/mol. The van der Waals surface area contributed by atoms with Gasteiger partial charge in [0.05, 0.1) is 19.4 Å². The van der Waals surface area contributed by atoms with E-state index in [-0.39, 0.29) is 11.6 Å². The molecule has 0 bridgehead atoms. The summed E-state index contributed by atoms with van der Waals surface area (Å²) >= 11 is 0. The molecule has 0 saturated heterocycles. The van der Waals surface area contributed by atoms with Crippen molar-refractivity contribution in [1.82, 2.24) is 30.1 Å². The van der Waals surface area contributed by atoms with E-state index >= 15 is 0 Å². The van der Waals surface area contributed by atoms with Gasteiger partial charge in [-0.3, -0.25) is 9.69 Å². The Bertz CT molecular complexity index is 1480. The van der Waals surface area contributed by atoms with Gasteiger partial charge in [-0.25, -0.2) is 4.68 Å². The highest BCUT2D eigenvalue weighted by molar-refractivity contribution is 5.80. The highest BCUT2D eigenvalue weighted by Gasteiger charge is 2.26. The van der Waals surface area contributed by atoms with Crippen LogP contribution in [0.3, 0.4) is 0 Å². The Morgan fingerprint density at radius 2 is 1.94 bits per heavy atom. The van der Waals surface area contributed by atoms with E-state index in [4.69, 9.17) is 9.15 Å². The number of aromatic amines is 1. The van der Waals surface area contributed by atoms with Crippen molar-refractivity contribution in [1.29, 1.82) is 0 Å². The highest BCUT2D eigenvalue weighted by atomic mass is 16.5. The SMILES string of the molecule is CCC(c1nnnn1Cc1ccco1)N(Cc1ccccc1)Cc1cc2cc(OC)ccc2[nH]c1=O. The zero-order chi connectivity index (χ0) is 24.9. The second-order valence-electron chi connectivity index (χ2n) is 8.67. The van der Waals surface area contributed by atoms with E-state index in [0.29, 0.717) is 25.2 Å². The molecule has 0 amide bonds. The number of furan rings is 1. The van der Waals surface area contributed by atoms with E-state index in [0.717, 1.165) is 40.2 Å². The van der Waals surface area contributed by atoms with Crippen molar-refractivity contribution in [2.75, 3.05) is 7.11 Å². The lowest BCUT2D eigenvalue weighted by molar-refractivity contribution is 0.161. The normalized spacial score (nSPS) is 12.3. The molecule has 0 radical (unpaired) electrons. The smallest absolute Gasteiger partial charge is 0.252 e. The van der Waals surface area contributed by atoms with Gasteiger partial charge in [0.15, 0.2) is 5.82 Å². The molecule has 0 aliphatic heterocycles. The molecule has 2 aromatic carbocycles. The van der Waals surface area contributed by atoms with Crippen LogP contribution < -0.4 is 10.3 Å². The van der Waals surface area contributed by atoms with Crippen LogP contribution in [0.5, 0.6) is 5.75 Å². The first-order valence-electron chi connectivity index (χ1n) is 11.9. The van der Waals surface area contributed by atoms with Crippen molar-refractivity contribution in [2.24, 2.45) is 0 Å². The van der Waals surface area contributed by atoms with Gasteiger partial charge in [-0.15, -0.1) is 5.10 Å². The molecule has 184 valence electrons. The fourth-order valence-corrected chi connectivity index (χ4v) is 4.50. The van der Waals surface area contributed by atoms with Crippen molar-refractivity contribution in [3.05, 3.63) is 106 Å². The van der Waals surface area contributed by atoms with E-state index < -0.39 is 0 Å². The first kappa shape index (κ1) is 23.5. The van der Waals surface area contributed by atoms with Gasteiger partial charge in [-0.05, 0) is 58.8 Å². The molecule has 0 aliphatic carbocycles. The lowest BCUT2D eigenvalue weighted by atomic mass is 10.1. The van der Waals surface area contributed by atoms with Gasteiger partial charge in [0.25, 0.3) is 5.56 Å². The van der Waals surface area contributed by atoms with Crippen LogP contribution in [-0.4, -0.2) is 37.2 Å². The molecule has 9 heteroatoms. The third-order valence-corrected chi connectivity index (χ3v) is 6.30. The molecule has 0 spiro atoms. The van der Waals surface area contributed by atoms with Crippen molar-refractivity contribution < 1.29 is 9.15 Å². The number of nitrogens with one attached hydrogen (secondary N) is 1. The van der Waals surface area contributed by atoms with Gasteiger partial charge in [-0.1, -0.05) is 37.3 Å². The Hall–Kier alpha value is -4.24. The molecule has 5 aromatic rings. The van der Waals surface area contributed by atoms with E-state index in [1.54, 1.807) is 18.1 Å². The van der Waals surface area contributed by atoms with E-state index in [9.17, 15) is 4.79 Å². The summed E-state index contributed by atoms with van der Waals surface area (Å²) in [4.78, 5) is 18.3. The maximum atomic E-state index is 13.1. The first-order valence-corrected chi connectivity index (χ1v) is 11.9. The van der Waals surface area contributed by atoms with Crippen molar-refractivity contribution in [3.63, 3.8) is 0 Å². The van der Waals surface area contributed by atoms with Crippen LogP contribution >= 0.6 is 0 Å². The number of nitrogens with zero attached hydrogens (tertiary/aromatic N) is 5. The number of methoxy groups -OCH3 is 1. The molecule has 5 rings (SSSR count). The summed E-state index contributed by atoms with van der Waals surface area (Å²) < 4.78 is 12.7. The summed E-state index contributed by atoms with van der Waals surface area (Å²) in [7, 11) is 1.63. The largest absolute Gasteiger partial charge is 0.497 e. The Kier molecular flexibility index (Phi) is 6.90. The van der Waals surface area contributed by atoms with Crippen LogP contribution in [-0.2, 0) is 19.6 Å². The van der Waals surface area contributed by atoms with E-state index in [2.05, 4.69) is 44.5 Å². The summed E-state index contributed by atoms with van der Waals surface area (Å²) in [6.07, 6.45) is 2.39. The predicted molar refractivity (Wildman–Crippen MR) is 135 cm³/mol. The molecule has 3 heterocycles. The number of aromatic nitrogens is 5. The van der Waals surface area contributed by atoms with Crippen LogP contribution in [0.4, 0.5) is 0 Å². The third kappa shape index (κ3) is 5.06. The van der Waals surface area contributed by atoms with Gasteiger partial charge in [0.2, 0.25) is 0 Å². The molecule has 0 saturated carbocycles. The minimum Gasteiger partial charge on any atom is -0.497 e. The molecule has 9 nitrogen and oxygen atoms in total. The van der Waals surface area contributed by atoms with Crippen molar-refractivity contribution >= 4 is 10.9 Å². The molecular formula is C27H28N6O3. The van der Waals surface area contributed by atoms with Gasteiger partial charge in [0, 0.05) is 29.6 Å². The Morgan fingerprint density at radius 1 is 1.08 bits per heavy atom. The van der Waals surface area contributed by atoms with Crippen LogP contribution in [0.2, 0.25) is 0 Å². The lowest BCUT2D eigenvalue weighted by Gasteiger charge is -2.30. The molecule has 0 aliphatic rings.